The van der Waals surface area contributed by atoms with Crippen molar-refractivity contribution in [2.45, 2.75) is 37.4 Å². The van der Waals surface area contributed by atoms with Gasteiger partial charge in [-0.3, -0.25) is 0 Å². The molecule has 106 valence electrons. The Balaban J connectivity index is 3.25. The first-order chi connectivity index (χ1) is 8.55. The van der Waals surface area contributed by atoms with Crippen molar-refractivity contribution >= 4 is 18.0 Å². The summed E-state index contributed by atoms with van der Waals surface area (Å²) in [6, 6.07) is 3.38. The second kappa shape index (κ2) is 5.45. The first-order valence-corrected chi connectivity index (χ1v) is 6.85. The summed E-state index contributed by atoms with van der Waals surface area (Å²) in [6.07, 6.45) is -1.37. The van der Waals surface area contributed by atoms with Gasteiger partial charge in [0.2, 0.25) is 0 Å². The van der Waals surface area contributed by atoms with Crippen LogP contribution in [0.3, 0.4) is 0 Å². The molecule has 0 saturated carbocycles. The predicted octanol–water partition coefficient (Wildman–Crippen LogP) is 4.16. The van der Waals surface area contributed by atoms with Crippen LogP contribution in [-0.4, -0.2) is 22.7 Å². The van der Waals surface area contributed by atoms with Gasteiger partial charge in [-0.1, -0.05) is 0 Å². The third kappa shape index (κ3) is 4.16. The Morgan fingerprint density at radius 3 is 2.21 bits per heavy atom. The first-order valence-electron chi connectivity index (χ1n) is 5.62. The quantitative estimate of drug-likeness (QED) is 0.269. The minimum absolute atomic E-state index is 0.430. The highest BCUT2D eigenvalue weighted by Gasteiger charge is 2.31. The van der Waals surface area contributed by atoms with Crippen LogP contribution in [0, 0.1) is 5.21 Å². The molecule has 0 amide bonds. The number of alkyl halides is 3. The minimum Gasteiger partial charge on any atom is -0.623 e. The maximum atomic E-state index is 12.6. The van der Waals surface area contributed by atoms with E-state index in [9.17, 15) is 18.4 Å². The molecule has 0 aliphatic rings. The van der Waals surface area contributed by atoms with Crippen molar-refractivity contribution in [3.63, 3.8) is 0 Å². The van der Waals surface area contributed by atoms with Crippen LogP contribution >= 0.6 is 11.8 Å². The van der Waals surface area contributed by atoms with Gasteiger partial charge in [-0.25, -0.2) is 4.74 Å². The fraction of sp³-hybridized carbons (Fsp3) is 0.462. The summed E-state index contributed by atoms with van der Waals surface area (Å²) in [4.78, 5) is 0.430. The molecule has 0 unspecified atom stereocenters. The fourth-order valence-corrected chi connectivity index (χ4v) is 1.92. The Morgan fingerprint density at radius 2 is 1.79 bits per heavy atom. The van der Waals surface area contributed by atoms with E-state index in [1.54, 1.807) is 27.0 Å². The average molecular weight is 291 g/mol. The number of hydroxylamine groups is 1. The van der Waals surface area contributed by atoms with Gasteiger partial charge in [0.1, 0.15) is 0 Å². The Labute approximate surface area is 114 Å². The molecule has 0 fully saturated rings. The van der Waals surface area contributed by atoms with E-state index in [0.717, 1.165) is 16.9 Å². The van der Waals surface area contributed by atoms with E-state index in [0.29, 0.717) is 10.5 Å². The molecule has 1 aromatic carbocycles. The second-order valence-electron chi connectivity index (χ2n) is 5.08. The number of hydrogen-bond acceptors (Lipinski definition) is 2. The summed E-state index contributed by atoms with van der Waals surface area (Å²) in [6.45, 7) is 5.21. The van der Waals surface area contributed by atoms with Crippen molar-refractivity contribution in [1.29, 1.82) is 0 Å². The third-order valence-corrected chi connectivity index (χ3v) is 3.27. The van der Waals surface area contributed by atoms with Gasteiger partial charge < -0.3 is 5.21 Å². The summed E-state index contributed by atoms with van der Waals surface area (Å²) in [7, 11) is 0. The van der Waals surface area contributed by atoms with Crippen LogP contribution in [0.4, 0.5) is 13.2 Å². The number of hydrogen-bond donors (Lipinski definition) is 0. The van der Waals surface area contributed by atoms with Gasteiger partial charge in [0, 0.05) is 25.7 Å². The molecule has 0 saturated heterocycles. The lowest BCUT2D eigenvalue weighted by atomic mass is 10.1. The maximum Gasteiger partial charge on any atom is 0.416 e. The third-order valence-electron chi connectivity index (χ3n) is 2.48. The van der Waals surface area contributed by atoms with Gasteiger partial charge in [0.05, 0.1) is 11.1 Å². The monoisotopic (exact) mass is 291 g/mol. The van der Waals surface area contributed by atoms with Crippen molar-refractivity contribution in [2.75, 3.05) is 6.26 Å². The Kier molecular flexibility index (Phi) is 4.55. The molecule has 0 bridgehead atoms. The van der Waals surface area contributed by atoms with Crippen molar-refractivity contribution < 1.29 is 17.9 Å². The molecule has 1 aromatic rings. The number of rotatable bonds is 2. The summed E-state index contributed by atoms with van der Waals surface area (Å²) >= 11 is 1.18. The lowest BCUT2D eigenvalue weighted by molar-refractivity contribution is -0.530. The molecule has 0 aliphatic heterocycles. The van der Waals surface area contributed by atoms with E-state index in [2.05, 4.69) is 0 Å². The van der Waals surface area contributed by atoms with Gasteiger partial charge in [0.15, 0.2) is 11.8 Å². The summed E-state index contributed by atoms with van der Waals surface area (Å²) in [5.41, 5.74) is -0.842. The Morgan fingerprint density at radius 1 is 1.21 bits per heavy atom. The SMILES string of the molecule is CSc1cc(C(F)(F)F)ccc1/C=[N+](\[O-])C(C)(C)C. The van der Waals surface area contributed by atoms with Gasteiger partial charge in [-0.2, -0.15) is 13.2 Å². The molecule has 19 heavy (non-hydrogen) atoms. The molecule has 6 heteroatoms. The lowest BCUT2D eigenvalue weighted by Crippen LogP contribution is -2.29. The van der Waals surface area contributed by atoms with Crippen molar-refractivity contribution in [3.8, 4) is 0 Å². The van der Waals surface area contributed by atoms with Crippen LogP contribution in [0.15, 0.2) is 23.1 Å². The highest BCUT2D eigenvalue weighted by Crippen LogP contribution is 2.32. The molecule has 2 nitrogen and oxygen atoms in total. The van der Waals surface area contributed by atoms with Crippen LogP contribution in [0.5, 0.6) is 0 Å². The maximum absolute atomic E-state index is 12.6. The highest BCUT2D eigenvalue weighted by atomic mass is 32.2. The van der Waals surface area contributed by atoms with E-state index >= 15 is 0 Å². The zero-order valence-corrected chi connectivity index (χ0v) is 12.0. The Hall–Kier alpha value is -1.17. The molecular weight excluding hydrogens is 275 g/mol. The minimum atomic E-state index is -4.37. The first kappa shape index (κ1) is 15.9. The largest absolute Gasteiger partial charge is 0.623 e. The van der Waals surface area contributed by atoms with Crippen molar-refractivity contribution in [1.82, 2.24) is 0 Å². The zero-order valence-electron chi connectivity index (χ0n) is 11.2. The van der Waals surface area contributed by atoms with Gasteiger partial charge in [-0.05, 0) is 24.5 Å². The lowest BCUT2D eigenvalue weighted by Gasteiger charge is -2.19. The summed E-state index contributed by atoms with van der Waals surface area (Å²) in [5.74, 6) is 0. The Bertz CT molecular complexity index is 490. The van der Waals surface area contributed by atoms with Gasteiger partial charge in [0.25, 0.3) is 0 Å². The van der Waals surface area contributed by atoms with Crippen molar-refractivity contribution in [2.24, 2.45) is 0 Å². The van der Waals surface area contributed by atoms with Crippen molar-refractivity contribution in [3.05, 3.63) is 34.5 Å². The van der Waals surface area contributed by atoms with Crippen LogP contribution in [0.25, 0.3) is 0 Å². The number of benzene rings is 1. The smallest absolute Gasteiger partial charge is 0.416 e. The molecule has 0 atom stereocenters. The van der Waals surface area contributed by atoms with Crippen LogP contribution in [0.1, 0.15) is 31.9 Å². The van der Waals surface area contributed by atoms with Crippen LogP contribution in [0.2, 0.25) is 0 Å². The van der Waals surface area contributed by atoms with Gasteiger partial charge in [-0.15, -0.1) is 11.8 Å². The average Bonchev–Trinajstić information content (AvgIpc) is 2.26. The fourth-order valence-electron chi connectivity index (χ4n) is 1.31. The summed E-state index contributed by atoms with van der Waals surface area (Å²) in [5, 5.41) is 11.8. The second-order valence-corrected chi connectivity index (χ2v) is 5.93. The topological polar surface area (TPSA) is 26.1 Å². The molecule has 0 N–H and O–H groups in total. The van der Waals surface area contributed by atoms with E-state index in [4.69, 9.17) is 0 Å². The zero-order chi connectivity index (χ0) is 14.8. The van der Waals surface area contributed by atoms with E-state index in [1.165, 1.54) is 24.0 Å². The molecule has 0 spiro atoms. The number of nitrogens with zero attached hydrogens (tertiary/aromatic N) is 1. The van der Waals surface area contributed by atoms with E-state index in [1.807, 2.05) is 0 Å². The standard InChI is InChI=1S/C13H16F3NOS/c1-12(2,3)17(18)8-9-5-6-10(13(14,15)16)7-11(9)19-4/h5-8H,1-4H3/b17-8-. The molecule has 1 rings (SSSR count). The van der Waals surface area contributed by atoms with Crippen LogP contribution in [-0.2, 0) is 6.18 Å². The molecule has 0 aromatic heterocycles. The highest BCUT2D eigenvalue weighted by molar-refractivity contribution is 7.98. The van der Waals surface area contributed by atoms with E-state index in [-0.39, 0.29) is 0 Å². The van der Waals surface area contributed by atoms with Gasteiger partial charge >= 0.3 is 6.18 Å². The normalized spacial score (nSPS) is 13.7. The molecule has 0 radical (unpaired) electrons. The molecule has 0 heterocycles. The number of halogens is 3. The van der Waals surface area contributed by atoms with E-state index < -0.39 is 17.3 Å². The molecular formula is C13H16F3NOS. The molecule has 0 aliphatic carbocycles. The predicted molar refractivity (Wildman–Crippen MR) is 71.8 cm³/mol. The number of thioether (sulfide) groups is 1. The van der Waals surface area contributed by atoms with Crippen LogP contribution < -0.4 is 0 Å². The summed E-state index contributed by atoms with van der Waals surface area (Å²) < 4.78 is 38.5.